The Morgan fingerprint density at radius 3 is 2.50 bits per heavy atom. The van der Waals surface area contributed by atoms with E-state index in [1.807, 2.05) is 26.0 Å². The number of benzene rings is 1. The number of carbonyl (C=O) groups excluding carboxylic acids is 1. The lowest BCUT2D eigenvalue weighted by Gasteiger charge is -2.20. The van der Waals surface area contributed by atoms with Crippen LogP contribution in [0.1, 0.15) is 30.5 Å². The number of carbonyl (C=O) groups is 1. The van der Waals surface area contributed by atoms with Crippen LogP contribution in [-0.4, -0.2) is 33.2 Å². The lowest BCUT2D eigenvalue weighted by atomic mass is 10.00. The van der Waals surface area contributed by atoms with Gasteiger partial charge in [0, 0.05) is 6.54 Å². The molecular formula is C16H25ClN2O3. The topological polar surface area (TPSA) is 59.6 Å². The van der Waals surface area contributed by atoms with Gasteiger partial charge >= 0.3 is 0 Å². The van der Waals surface area contributed by atoms with Crippen LogP contribution in [-0.2, 0) is 4.79 Å². The summed E-state index contributed by atoms with van der Waals surface area (Å²) in [6, 6.07) is 3.82. The molecule has 1 fully saturated rings. The second-order valence-electron chi connectivity index (χ2n) is 5.48. The van der Waals surface area contributed by atoms with Crippen molar-refractivity contribution in [2.45, 2.75) is 26.3 Å². The normalized spacial score (nSPS) is 18.3. The highest BCUT2D eigenvalue weighted by Gasteiger charge is 2.24. The molecule has 2 rings (SSSR count). The Bertz CT molecular complexity index is 516. The number of hydrogen-bond donors (Lipinski definition) is 2. The zero-order valence-corrected chi connectivity index (χ0v) is 14.4. The number of methoxy groups -OCH3 is 2. The van der Waals surface area contributed by atoms with Gasteiger partial charge in [0.1, 0.15) is 0 Å². The lowest BCUT2D eigenvalue weighted by molar-refractivity contribution is -0.125. The zero-order valence-electron chi connectivity index (χ0n) is 13.6. The van der Waals surface area contributed by atoms with E-state index in [2.05, 4.69) is 10.6 Å². The molecule has 2 N–H and O–H groups in total. The summed E-state index contributed by atoms with van der Waals surface area (Å²) in [4.78, 5) is 12.2. The minimum Gasteiger partial charge on any atom is -0.493 e. The molecule has 0 spiro atoms. The minimum absolute atomic E-state index is 0. The number of aryl methyl sites for hydroxylation is 1. The molecule has 22 heavy (non-hydrogen) atoms. The Morgan fingerprint density at radius 1 is 1.32 bits per heavy atom. The summed E-state index contributed by atoms with van der Waals surface area (Å²) in [5.41, 5.74) is 2.12. The average molecular weight is 329 g/mol. The van der Waals surface area contributed by atoms with Gasteiger partial charge in [0.05, 0.1) is 26.2 Å². The zero-order chi connectivity index (χ0) is 15.4. The molecule has 1 heterocycles. The number of halogens is 1. The first-order chi connectivity index (χ1) is 10.1. The SMILES string of the molecule is COc1cc(C)c(C(C)NC(=O)C2CCNC2)cc1OC.Cl. The van der Waals surface area contributed by atoms with E-state index in [9.17, 15) is 4.79 Å². The Morgan fingerprint density at radius 2 is 1.95 bits per heavy atom. The van der Waals surface area contributed by atoms with Gasteiger partial charge in [0.25, 0.3) is 0 Å². The van der Waals surface area contributed by atoms with Crippen LogP contribution in [0.25, 0.3) is 0 Å². The Hall–Kier alpha value is -1.46. The van der Waals surface area contributed by atoms with Crippen molar-refractivity contribution in [3.63, 3.8) is 0 Å². The largest absolute Gasteiger partial charge is 0.493 e. The molecule has 124 valence electrons. The van der Waals surface area contributed by atoms with Gasteiger partial charge in [0.15, 0.2) is 11.5 Å². The third-order valence-corrected chi connectivity index (χ3v) is 4.03. The maximum atomic E-state index is 12.2. The van der Waals surface area contributed by atoms with Crippen LogP contribution in [0.5, 0.6) is 11.5 Å². The molecule has 1 aliphatic rings. The van der Waals surface area contributed by atoms with E-state index >= 15 is 0 Å². The third-order valence-electron chi connectivity index (χ3n) is 4.03. The fourth-order valence-corrected chi connectivity index (χ4v) is 2.75. The number of hydrogen-bond acceptors (Lipinski definition) is 4. The van der Waals surface area contributed by atoms with Crippen molar-refractivity contribution in [2.24, 2.45) is 5.92 Å². The van der Waals surface area contributed by atoms with Crippen molar-refractivity contribution >= 4 is 18.3 Å². The quantitative estimate of drug-likeness (QED) is 0.870. The van der Waals surface area contributed by atoms with Crippen molar-refractivity contribution in [3.8, 4) is 11.5 Å². The first kappa shape index (κ1) is 18.6. The smallest absolute Gasteiger partial charge is 0.224 e. The summed E-state index contributed by atoms with van der Waals surface area (Å²) in [7, 11) is 3.24. The van der Waals surface area contributed by atoms with Crippen LogP contribution >= 0.6 is 12.4 Å². The van der Waals surface area contributed by atoms with E-state index in [0.717, 1.165) is 30.6 Å². The van der Waals surface area contributed by atoms with Gasteiger partial charge in [-0.25, -0.2) is 0 Å². The molecule has 0 bridgehead atoms. The summed E-state index contributed by atoms with van der Waals surface area (Å²) in [5, 5.41) is 6.31. The molecule has 0 saturated carbocycles. The lowest BCUT2D eigenvalue weighted by Crippen LogP contribution is -2.34. The highest BCUT2D eigenvalue weighted by atomic mass is 35.5. The van der Waals surface area contributed by atoms with Crippen LogP contribution in [0.3, 0.4) is 0 Å². The molecule has 2 atom stereocenters. The van der Waals surface area contributed by atoms with Crippen LogP contribution in [0.15, 0.2) is 12.1 Å². The fraction of sp³-hybridized carbons (Fsp3) is 0.562. The molecule has 1 aromatic carbocycles. The number of rotatable bonds is 5. The van der Waals surface area contributed by atoms with Crippen molar-refractivity contribution in [1.29, 1.82) is 0 Å². The van der Waals surface area contributed by atoms with Crippen molar-refractivity contribution in [2.75, 3.05) is 27.3 Å². The number of nitrogens with one attached hydrogen (secondary N) is 2. The second-order valence-corrected chi connectivity index (χ2v) is 5.48. The van der Waals surface area contributed by atoms with Crippen LogP contribution in [0.4, 0.5) is 0 Å². The molecule has 1 amide bonds. The Balaban J connectivity index is 0.00000242. The van der Waals surface area contributed by atoms with Gasteiger partial charge < -0.3 is 20.1 Å². The maximum Gasteiger partial charge on any atom is 0.224 e. The summed E-state index contributed by atoms with van der Waals surface area (Å²) >= 11 is 0. The van der Waals surface area contributed by atoms with E-state index in [1.54, 1.807) is 14.2 Å². The van der Waals surface area contributed by atoms with E-state index < -0.39 is 0 Å². The molecule has 5 nitrogen and oxygen atoms in total. The summed E-state index contributed by atoms with van der Waals surface area (Å²) in [6.45, 7) is 5.69. The average Bonchev–Trinajstić information content (AvgIpc) is 3.00. The molecule has 1 aliphatic heterocycles. The number of amides is 1. The van der Waals surface area contributed by atoms with Crippen LogP contribution in [0, 0.1) is 12.8 Å². The second kappa shape index (κ2) is 8.25. The maximum absolute atomic E-state index is 12.2. The highest BCUT2D eigenvalue weighted by molar-refractivity contribution is 5.85. The van der Waals surface area contributed by atoms with Crippen molar-refractivity contribution in [1.82, 2.24) is 10.6 Å². The van der Waals surface area contributed by atoms with Gasteiger partial charge in [-0.1, -0.05) is 0 Å². The van der Waals surface area contributed by atoms with Gasteiger partial charge in [-0.15, -0.1) is 12.4 Å². The monoisotopic (exact) mass is 328 g/mol. The predicted molar refractivity (Wildman–Crippen MR) is 89.1 cm³/mol. The summed E-state index contributed by atoms with van der Waals surface area (Å²) in [6.07, 6.45) is 0.906. The number of ether oxygens (including phenoxy) is 2. The van der Waals surface area contributed by atoms with Crippen molar-refractivity contribution in [3.05, 3.63) is 23.3 Å². The summed E-state index contributed by atoms with van der Waals surface area (Å²) in [5.74, 6) is 1.58. The van der Waals surface area contributed by atoms with E-state index in [0.29, 0.717) is 11.5 Å². The summed E-state index contributed by atoms with van der Waals surface area (Å²) < 4.78 is 10.6. The molecule has 1 saturated heterocycles. The Labute approximate surface area is 138 Å². The molecule has 2 unspecified atom stereocenters. The minimum atomic E-state index is -0.0575. The molecule has 0 aliphatic carbocycles. The fourth-order valence-electron chi connectivity index (χ4n) is 2.75. The van der Waals surface area contributed by atoms with Crippen LogP contribution < -0.4 is 20.1 Å². The van der Waals surface area contributed by atoms with Gasteiger partial charge in [-0.05, 0) is 50.1 Å². The molecular weight excluding hydrogens is 304 g/mol. The van der Waals surface area contributed by atoms with Gasteiger partial charge in [-0.2, -0.15) is 0 Å². The van der Waals surface area contributed by atoms with E-state index in [1.165, 1.54) is 0 Å². The first-order valence-corrected chi connectivity index (χ1v) is 7.30. The van der Waals surface area contributed by atoms with E-state index in [4.69, 9.17) is 9.47 Å². The van der Waals surface area contributed by atoms with Crippen LogP contribution in [0.2, 0.25) is 0 Å². The third kappa shape index (κ3) is 4.05. The molecule has 0 aromatic heterocycles. The molecule has 1 aromatic rings. The molecule has 6 heteroatoms. The van der Waals surface area contributed by atoms with Gasteiger partial charge in [-0.3, -0.25) is 4.79 Å². The van der Waals surface area contributed by atoms with E-state index in [-0.39, 0.29) is 30.3 Å². The van der Waals surface area contributed by atoms with Gasteiger partial charge in [0.2, 0.25) is 5.91 Å². The Kier molecular flexibility index (Phi) is 6.97. The predicted octanol–water partition coefficient (Wildman–Crippen LogP) is 2.22. The molecule has 0 radical (unpaired) electrons. The van der Waals surface area contributed by atoms with Crippen molar-refractivity contribution < 1.29 is 14.3 Å². The standard InChI is InChI=1S/C16H24N2O3.ClH/c1-10-7-14(20-3)15(21-4)8-13(10)11(2)18-16(19)12-5-6-17-9-12;/h7-8,11-12,17H,5-6,9H2,1-4H3,(H,18,19);1H. The highest BCUT2D eigenvalue weighted by Crippen LogP contribution is 2.32. The first-order valence-electron chi connectivity index (χ1n) is 7.30.